The van der Waals surface area contributed by atoms with E-state index in [4.69, 9.17) is 17.3 Å². The molecule has 1 aromatic rings. The normalized spacial score (nSPS) is 25.8. The highest BCUT2D eigenvalue weighted by Crippen LogP contribution is 2.28. The van der Waals surface area contributed by atoms with E-state index in [1.165, 1.54) is 25.7 Å². The summed E-state index contributed by atoms with van der Waals surface area (Å²) in [6.07, 6.45) is 5.08. The first kappa shape index (κ1) is 17.5. The Bertz CT molecular complexity index is 571. The number of aliphatic hydroxyl groups is 1. The van der Waals surface area contributed by atoms with Gasteiger partial charge in [-0.25, -0.2) is 0 Å². The van der Waals surface area contributed by atoms with Crippen LogP contribution in [0, 0.1) is 11.8 Å². The topological polar surface area (TPSA) is 98.5 Å². The number of H-pyrrole nitrogens is 1. The Balaban J connectivity index is 1.65. The molecule has 134 valence electrons. The van der Waals surface area contributed by atoms with Crippen LogP contribution in [0.5, 0.6) is 0 Å². The molecule has 2 saturated heterocycles. The van der Waals surface area contributed by atoms with Crippen molar-refractivity contribution < 1.29 is 9.90 Å². The molecular formula is C16H26ClN5O2. The van der Waals surface area contributed by atoms with Gasteiger partial charge < -0.3 is 20.6 Å². The fraction of sp³-hybridized carbons (Fsp3) is 0.750. The maximum absolute atomic E-state index is 12.7. The molecule has 1 amide bonds. The molecule has 4 N–H and O–H groups in total. The number of aromatic amines is 1. The number of carbonyl (C=O) groups excluding carboxylic acids is 1. The van der Waals surface area contributed by atoms with E-state index in [0.717, 1.165) is 19.6 Å². The standard InChI is InChI=1S/C16H26ClN5O2/c17-13-14(19-20-15(13)18)16(24)22-8-11(12(9-22)10-23)7-21-5-3-1-2-4-6-21/h11-12,23H,1-10H2,(H3,18,19,20)/t11-,12-/m1/s1. The number of nitrogens with zero attached hydrogens (tertiary/aromatic N) is 3. The predicted octanol–water partition coefficient (Wildman–Crippen LogP) is 1.20. The number of nitrogen functional groups attached to an aromatic ring is 1. The maximum Gasteiger partial charge on any atom is 0.273 e. The van der Waals surface area contributed by atoms with Crippen LogP contribution in [0.2, 0.25) is 5.02 Å². The van der Waals surface area contributed by atoms with Gasteiger partial charge in [0.15, 0.2) is 5.82 Å². The third-order valence-corrected chi connectivity index (χ3v) is 5.62. The first-order valence-corrected chi connectivity index (χ1v) is 9.09. The summed E-state index contributed by atoms with van der Waals surface area (Å²) in [7, 11) is 0. The predicted molar refractivity (Wildman–Crippen MR) is 92.9 cm³/mol. The molecule has 2 atom stereocenters. The van der Waals surface area contributed by atoms with Gasteiger partial charge in [0.25, 0.3) is 5.91 Å². The van der Waals surface area contributed by atoms with Crippen molar-refractivity contribution in [3.8, 4) is 0 Å². The number of nitrogens with one attached hydrogen (secondary N) is 1. The van der Waals surface area contributed by atoms with Gasteiger partial charge in [-0.15, -0.1) is 0 Å². The van der Waals surface area contributed by atoms with Gasteiger partial charge in [-0.05, 0) is 31.8 Å². The van der Waals surface area contributed by atoms with Gasteiger partial charge in [0.2, 0.25) is 0 Å². The van der Waals surface area contributed by atoms with Crippen molar-refractivity contribution in [3.05, 3.63) is 10.7 Å². The zero-order valence-electron chi connectivity index (χ0n) is 13.9. The Hall–Kier alpha value is -1.31. The average molecular weight is 356 g/mol. The molecule has 0 bridgehead atoms. The third-order valence-electron chi connectivity index (χ3n) is 5.24. The fourth-order valence-corrected chi connectivity index (χ4v) is 3.98. The molecular weight excluding hydrogens is 330 g/mol. The molecule has 8 heteroatoms. The number of aliphatic hydroxyl groups excluding tert-OH is 1. The minimum Gasteiger partial charge on any atom is -0.396 e. The quantitative estimate of drug-likeness (QED) is 0.753. The Morgan fingerprint density at radius 1 is 1.25 bits per heavy atom. The van der Waals surface area contributed by atoms with Crippen molar-refractivity contribution >= 4 is 23.3 Å². The van der Waals surface area contributed by atoms with Crippen LogP contribution in [0.1, 0.15) is 36.2 Å². The number of anilines is 1. The van der Waals surface area contributed by atoms with Crippen LogP contribution < -0.4 is 5.73 Å². The summed E-state index contributed by atoms with van der Waals surface area (Å²) >= 11 is 6.04. The van der Waals surface area contributed by atoms with E-state index in [9.17, 15) is 9.90 Å². The largest absolute Gasteiger partial charge is 0.396 e. The number of nitrogens with two attached hydrogens (primary N) is 1. The van der Waals surface area contributed by atoms with Crippen molar-refractivity contribution in [2.45, 2.75) is 25.7 Å². The lowest BCUT2D eigenvalue weighted by molar-refractivity contribution is 0.0773. The molecule has 2 aliphatic rings. The van der Waals surface area contributed by atoms with Gasteiger partial charge in [-0.3, -0.25) is 9.89 Å². The summed E-state index contributed by atoms with van der Waals surface area (Å²) < 4.78 is 0. The monoisotopic (exact) mass is 355 g/mol. The molecule has 0 aromatic carbocycles. The van der Waals surface area contributed by atoms with E-state index < -0.39 is 0 Å². The third kappa shape index (κ3) is 3.68. The van der Waals surface area contributed by atoms with Gasteiger partial charge >= 0.3 is 0 Å². The number of likely N-dealkylation sites (tertiary alicyclic amines) is 2. The summed E-state index contributed by atoms with van der Waals surface area (Å²) in [5.41, 5.74) is 5.84. The van der Waals surface area contributed by atoms with E-state index in [1.54, 1.807) is 4.90 Å². The van der Waals surface area contributed by atoms with E-state index in [0.29, 0.717) is 13.1 Å². The number of hydrogen-bond acceptors (Lipinski definition) is 5. The summed E-state index contributed by atoms with van der Waals surface area (Å²) in [6, 6.07) is 0. The molecule has 0 saturated carbocycles. The molecule has 3 rings (SSSR count). The number of halogens is 1. The zero-order valence-corrected chi connectivity index (χ0v) is 14.6. The minimum atomic E-state index is -0.194. The Morgan fingerprint density at radius 3 is 2.50 bits per heavy atom. The van der Waals surface area contributed by atoms with Gasteiger partial charge in [-0.2, -0.15) is 5.10 Å². The van der Waals surface area contributed by atoms with E-state index in [2.05, 4.69) is 15.1 Å². The molecule has 0 unspecified atom stereocenters. The van der Waals surface area contributed by atoms with Gasteiger partial charge in [0.1, 0.15) is 10.7 Å². The lowest BCUT2D eigenvalue weighted by Gasteiger charge is -2.26. The van der Waals surface area contributed by atoms with Gasteiger partial charge in [0, 0.05) is 32.2 Å². The summed E-state index contributed by atoms with van der Waals surface area (Å²) in [6.45, 7) is 4.45. The molecule has 0 spiro atoms. The zero-order chi connectivity index (χ0) is 17.1. The average Bonchev–Trinajstić information content (AvgIpc) is 3.02. The second-order valence-corrected chi connectivity index (χ2v) is 7.30. The highest BCUT2D eigenvalue weighted by Gasteiger charge is 2.37. The van der Waals surface area contributed by atoms with Crippen molar-refractivity contribution in [1.82, 2.24) is 20.0 Å². The number of hydrogen-bond donors (Lipinski definition) is 3. The van der Waals surface area contributed by atoms with E-state index >= 15 is 0 Å². The van der Waals surface area contributed by atoms with Crippen LogP contribution in [-0.2, 0) is 0 Å². The lowest BCUT2D eigenvalue weighted by atomic mass is 9.96. The van der Waals surface area contributed by atoms with E-state index in [1.807, 2.05) is 0 Å². The van der Waals surface area contributed by atoms with Gasteiger partial charge in [0.05, 0.1) is 0 Å². The second kappa shape index (κ2) is 7.72. The molecule has 1 aromatic heterocycles. The highest BCUT2D eigenvalue weighted by atomic mass is 35.5. The number of rotatable bonds is 4. The minimum absolute atomic E-state index is 0.0983. The van der Waals surface area contributed by atoms with Crippen LogP contribution in [-0.4, -0.2) is 70.3 Å². The number of aromatic nitrogens is 2. The van der Waals surface area contributed by atoms with Crippen LogP contribution in [0.3, 0.4) is 0 Å². The Kier molecular flexibility index (Phi) is 5.63. The summed E-state index contributed by atoms with van der Waals surface area (Å²) in [4.78, 5) is 16.9. The molecule has 0 aliphatic carbocycles. The number of carbonyl (C=O) groups is 1. The maximum atomic E-state index is 12.7. The molecule has 2 aliphatic heterocycles. The molecule has 2 fully saturated rings. The van der Waals surface area contributed by atoms with Crippen LogP contribution in [0.25, 0.3) is 0 Å². The second-order valence-electron chi connectivity index (χ2n) is 6.93. The van der Waals surface area contributed by atoms with Crippen LogP contribution in [0.4, 0.5) is 5.82 Å². The first-order chi connectivity index (χ1) is 11.6. The van der Waals surface area contributed by atoms with E-state index in [-0.39, 0.29) is 40.9 Å². The van der Waals surface area contributed by atoms with Crippen molar-refractivity contribution in [1.29, 1.82) is 0 Å². The van der Waals surface area contributed by atoms with Crippen LogP contribution in [0.15, 0.2) is 0 Å². The lowest BCUT2D eigenvalue weighted by Crippen LogP contribution is -2.35. The summed E-state index contributed by atoms with van der Waals surface area (Å²) in [5.74, 6) is 0.340. The Morgan fingerprint density at radius 2 is 1.92 bits per heavy atom. The van der Waals surface area contributed by atoms with Crippen molar-refractivity contribution in [2.75, 3.05) is 45.1 Å². The molecule has 7 nitrogen and oxygen atoms in total. The highest BCUT2D eigenvalue weighted by molar-refractivity contribution is 6.35. The smallest absolute Gasteiger partial charge is 0.273 e. The van der Waals surface area contributed by atoms with Gasteiger partial charge in [-0.1, -0.05) is 24.4 Å². The first-order valence-electron chi connectivity index (χ1n) is 8.72. The molecule has 24 heavy (non-hydrogen) atoms. The Labute approximate surface area is 147 Å². The SMILES string of the molecule is Nc1n[nH]c(C(=O)N2C[C@@H](CN3CCCCCC3)[C@@H](CO)C2)c1Cl. The van der Waals surface area contributed by atoms with Crippen molar-refractivity contribution in [3.63, 3.8) is 0 Å². The van der Waals surface area contributed by atoms with Crippen LogP contribution >= 0.6 is 11.6 Å². The summed E-state index contributed by atoms with van der Waals surface area (Å²) in [5, 5.41) is 16.3. The molecule has 3 heterocycles. The molecule has 0 radical (unpaired) electrons. The fourth-order valence-electron chi connectivity index (χ4n) is 3.81. The number of amides is 1. The van der Waals surface area contributed by atoms with Crippen molar-refractivity contribution in [2.24, 2.45) is 11.8 Å².